The van der Waals surface area contributed by atoms with Gasteiger partial charge in [0.2, 0.25) is 12.4 Å². The van der Waals surface area contributed by atoms with Crippen LogP contribution in [0.5, 0.6) is 0 Å². The molecule has 0 amide bonds. The predicted octanol–water partition coefficient (Wildman–Crippen LogP) is 2.41. The van der Waals surface area contributed by atoms with Gasteiger partial charge < -0.3 is 5.11 Å². The molecule has 1 aromatic carbocycles. The normalized spacial score (nSPS) is 11.6. The summed E-state index contributed by atoms with van der Waals surface area (Å²) in [6.45, 7) is 2.07. The summed E-state index contributed by atoms with van der Waals surface area (Å²) in [6.07, 6.45) is 4.42. The molecule has 0 atom stereocenters. The molecule has 0 aliphatic carbocycles. The lowest BCUT2D eigenvalue weighted by molar-refractivity contribution is -0.681. The highest BCUT2D eigenvalue weighted by atomic mass is 35.5. The molecule has 3 nitrogen and oxygen atoms in total. The molecule has 0 spiro atoms. The Balaban J connectivity index is 2.30. The zero-order valence-corrected chi connectivity index (χ0v) is 11.8. The van der Waals surface area contributed by atoms with Crippen molar-refractivity contribution in [3.8, 4) is 0 Å². The highest BCUT2D eigenvalue weighted by molar-refractivity contribution is 6.35. The molecule has 0 aliphatic heterocycles. The molecule has 2 aromatic rings. The van der Waals surface area contributed by atoms with Crippen LogP contribution in [0.25, 0.3) is 0 Å². The van der Waals surface area contributed by atoms with E-state index in [1.165, 1.54) is 10.2 Å². The third-order valence-electron chi connectivity index (χ3n) is 2.61. The highest BCUT2D eigenvalue weighted by Crippen LogP contribution is 2.18. The molecule has 0 N–H and O–H groups in total. The van der Waals surface area contributed by atoms with Crippen LogP contribution in [0.15, 0.2) is 47.8 Å². The minimum atomic E-state index is -0.390. The monoisotopic (exact) mass is 294 g/mol. The van der Waals surface area contributed by atoms with E-state index < -0.39 is 5.90 Å². The van der Waals surface area contributed by atoms with Gasteiger partial charge in [-0.05, 0) is 40.8 Å². The molecule has 0 radical (unpaired) electrons. The summed E-state index contributed by atoms with van der Waals surface area (Å²) >= 11 is 11.7. The first-order valence-electron chi connectivity index (χ1n) is 5.81. The molecule has 0 fully saturated rings. The van der Waals surface area contributed by atoms with E-state index in [1.807, 2.05) is 12.1 Å². The molecule has 0 bridgehead atoms. The fraction of sp³-hybridized carbons (Fsp3) is 0.143. The van der Waals surface area contributed by atoms with E-state index >= 15 is 0 Å². The lowest BCUT2D eigenvalue weighted by Gasteiger charge is -2.07. The van der Waals surface area contributed by atoms with Crippen LogP contribution in [0.4, 0.5) is 0 Å². The SMILES string of the molecule is CCc1cc[n+](/N=C(/[O-])c2cc(Cl)cc(Cl)c2)cc1. The quantitative estimate of drug-likeness (QED) is 0.487. The van der Waals surface area contributed by atoms with Crippen molar-refractivity contribution < 1.29 is 9.78 Å². The first-order valence-corrected chi connectivity index (χ1v) is 6.56. The van der Waals surface area contributed by atoms with Crippen molar-refractivity contribution in [2.24, 2.45) is 5.10 Å². The van der Waals surface area contributed by atoms with Crippen LogP contribution < -0.4 is 9.78 Å². The van der Waals surface area contributed by atoms with Crippen LogP contribution in [0.2, 0.25) is 10.0 Å². The standard InChI is InChI=1S/C14H12Cl2N2O/c1-2-10-3-5-18(6-4-10)17-14(19)11-7-12(15)9-13(16)8-11/h3-9H,2H2,1H3. The minimum Gasteiger partial charge on any atom is -0.854 e. The van der Waals surface area contributed by atoms with Gasteiger partial charge >= 0.3 is 0 Å². The number of pyridine rings is 1. The number of hydrogen-bond acceptors (Lipinski definition) is 2. The second kappa shape index (κ2) is 6.04. The second-order valence-corrected chi connectivity index (χ2v) is 4.88. The van der Waals surface area contributed by atoms with Gasteiger partial charge in [0.15, 0.2) is 0 Å². The van der Waals surface area contributed by atoms with E-state index in [4.69, 9.17) is 23.2 Å². The van der Waals surface area contributed by atoms with Crippen molar-refractivity contribution in [2.45, 2.75) is 13.3 Å². The van der Waals surface area contributed by atoms with Crippen molar-refractivity contribution in [2.75, 3.05) is 0 Å². The lowest BCUT2D eigenvalue weighted by Crippen LogP contribution is -2.33. The van der Waals surface area contributed by atoms with Crippen molar-refractivity contribution in [1.82, 2.24) is 0 Å². The molecule has 98 valence electrons. The molecule has 0 unspecified atom stereocenters. The van der Waals surface area contributed by atoms with Crippen LogP contribution in [-0.2, 0) is 6.42 Å². The molecule has 0 saturated carbocycles. The van der Waals surface area contributed by atoms with Crippen LogP contribution in [0.3, 0.4) is 0 Å². The van der Waals surface area contributed by atoms with Gasteiger partial charge in [0.05, 0.1) is 5.90 Å². The molecule has 2 rings (SSSR count). The zero-order chi connectivity index (χ0) is 13.8. The van der Waals surface area contributed by atoms with Crippen molar-refractivity contribution in [3.05, 3.63) is 63.9 Å². The number of nitrogens with zero attached hydrogens (tertiary/aromatic N) is 2. The summed E-state index contributed by atoms with van der Waals surface area (Å²) in [5.74, 6) is -0.390. The van der Waals surface area contributed by atoms with Crippen molar-refractivity contribution in [1.29, 1.82) is 0 Å². The van der Waals surface area contributed by atoms with Crippen molar-refractivity contribution in [3.63, 3.8) is 0 Å². The molecule has 1 heterocycles. The summed E-state index contributed by atoms with van der Waals surface area (Å²) in [4.78, 5) is 0. The van der Waals surface area contributed by atoms with E-state index in [0.717, 1.165) is 6.42 Å². The summed E-state index contributed by atoms with van der Waals surface area (Å²) in [7, 11) is 0. The average molecular weight is 295 g/mol. The third kappa shape index (κ3) is 3.69. The first kappa shape index (κ1) is 13.8. The highest BCUT2D eigenvalue weighted by Gasteiger charge is 2.02. The number of hydrogen-bond donors (Lipinski definition) is 0. The third-order valence-corrected chi connectivity index (χ3v) is 3.04. The smallest absolute Gasteiger partial charge is 0.202 e. The minimum absolute atomic E-state index is 0.365. The van der Waals surface area contributed by atoms with Crippen LogP contribution in [0.1, 0.15) is 18.1 Å². The van der Waals surface area contributed by atoms with Gasteiger partial charge in [-0.15, -0.1) is 0 Å². The van der Waals surface area contributed by atoms with E-state index in [-0.39, 0.29) is 0 Å². The molecular formula is C14H12Cl2N2O. The Morgan fingerprint density at radius 1 is 1.16 bits per heavy atom. The van der Waals surface area contributed by atoms with Crippen LogP contribution >= 0.6 is 23.2 Å². The van der Waals surface area contributed by atoms with Gasteiger partial charge in [-0.2, -0.15) is 0 Å². The molecular weight excluding hydrogens is 283 g/mol. The topological polar surface area (TPSA) is 39.3 Å². The van der Waals surface area contributed by atoms with Crippen LogP contribution in [-0.4, -0.2) is 5.90 Å². The van der Waals surface area contributed by atoms with Gasteiger partial charge in [0.25, 0.3) is 0 Å². The maximum atomic E-state index is 12.0. The Kier molecular flexibility index (Phi) is 4.40. The Bertz CT molecular complexity index is 589. The number of aromatic nitrogens is 1. The summed E-state index contributed by atoms with van der Waals surface area (Å²) in [5, 5.41) is 16.7. The van der Waals surface area contributed by atoms with Gasteiger partial charge in [0, 0.05) is 22.2 Å². The van der Waals surface area contributed by atoms with Gasteiger partial charge in [-0.25, -0.2) is 0 Å². The maximum absolute atomic E-state index is 12.0. The Labute approximate surface area is 121 Å². The van der Waals surface area contributed by atoms with Gasteiger partial charge in [-0.1, -0.05) is 34.8 Å². The predicted molar refractivity (Wildman–Crippen MR) is 74.4 cm³/mol. The van der Waals surface area contributed by atoms with Gasteiger partial charge in [-0.3, -0.25) is 0 Å². The Morgan fingerprint density at radius 3 is 2.26 bits per heavy atom. The molecule has 5 heteroatoms. The lowest BCUT2D eigenvalue weighted by atomic mass is 10.2. The number of aryl methyl sites for hydroxylation is 1. The summed E-state index contributed by atoms with van der Waals surface area (Å²) < 4.78 is 1.47. The largest absolute Gasteiger partial charge is 0.854 e. The molecule has 1 aromatic heterocycles. The van der Waals surface area contributed by atoms with Crippen LogP contribution in [0, 0.1) is 0 Å². The fourth-order valence-corrected chi connectivity index (χ4v) is 2.12. The summed E-state index contributed by atoms with van der Waals surface area (Å²) in [5.41, 5.74) is 1.55. The molecule has 19 heavy (non-hydrogen) atoms. The fourth-order valence-electron chi connectivity index (χ4n) is 1.59. The number of halogens is 2. The van der Waals surface area contributed by atoms with Crippen molar-refractivity contribution >= 4 is 29.1 Å². The van der Waals surface area contributed by atoms with E-state index in [1.54, 1.807) is 30.6 Å². The van der Waals surface area contributed by atoms with E-state index in [0.29, 0.717) is 15.6 Å². The first-order chi connectivity index (χ1) is 9.08. The molecule has 0 aliphatic rings. The second-order valence-electron chi connectivity index (χ2n) is 4.00. The average Bonchev–Trinajstić information content (AvgIpc) is 2.38. The summed E-state index contributed by atoms with van der Waals surface area (Å²) in [6, 6.07) is 8.49. The zero-order valence-electron chi connectivity index (χ0n) is 10.3. The van der Waals surface area contributed by atoms with E-state index in [9.17, 15) is 5.11 Å². The van der Waals surface area contributed by atoms with Gasteiger partial charge in [0.1, 0.15) is 0 Å². The Hall–Kier alpha value is -1.58. The number of rotatable bonds is 3. The Morgan fingerprint density at radius 2 is 1.74 bits per heavy atom. The van der Waals surface area contributed by atoms with E-state index in [2.05, 4.69) is 12.0 Å². The number of benzene rings is 1. The molecule has 0 saturated heterocycles. The maximum Gasteiger partial charge on any atom is 0.202 e.